The molecule has 0 saturated heterocycles. The van der Waals surface area contributed by atoms with Gasteiger partial charge in [0.2, 0.25) is 0 Å². The van der Waals surface area contributed by atoms with Gasteiger partial charge in [-0.1, -0.05) is 5.57 Å². The molecular formula is C7H13NO2. The highest BCUT2D eigenvalue weighted by atomic mass is 16.4. The number of carboxylic acid groups (broad SMARTS) is 1. The first-order valence-corrected chi connectivity index (χ1v) is 3.03. The average Bonchev–Trinajstić information content (AvgIpc) is 1.60. The molecule has 3 N–H and O–H groups in total. The number of hydrogen-bond donors (Lipinski definition) is 2. The number of hydrogen-bond acceptors (Lipinski definition) is 2. The van der Waals surface area contributed by atoms with Crippen molar-refractivity contribution in [2.45, 2.75) is 25.8 Å². The molecule has 3 nitrogen and oxygen atoms in total. The lowest BCUT2D eigenvalue weighted by molar-refractivity contribution is -0.142. The predicted octanol–water partition coefficient (Wildman–Crippen LogP) is 0.755. The minimum Gasteiger partial charge on any atom is -0.480 e. The van der Waals surface area contributed by atoms with Crippen molar-refractivity contribution in [2.75, 3.05) is 0 Å². The predicted molar refractivity (Wildman–Crippen MR) is 39.7 cm³/mol. The van der Waals surface area contributed by atoms with Crippen LogP contribution in [0.1, 0.15) is 20.3 Å². The molecule has 0 heterocycles. The van der Waals surface area contributed by atoms with Gasteiger partial charge in [0.25, 0.3) is 0 Å². The number of nitrogens with two attached hydrogens (primary N) is 1. The molecule has 0 unspecified atom stereocenters. The molecule has 0 aromatic rings. The van der Waals surface area contributed by atoms with Crippen molar-refractivity contribution in [1.29, 1.82) is 0 Å². The van der Waals surface area contributed by atoms with E-state index in [0.29, 0.717) is 6.42 Å². The summed E-state index contributed by atoms with van der Waals surface area (Å²) in [6, 6.07) is 0. The van der Waals surface area contributed by atoms with Gasteiger partial charge < -0.3 is 10.8 Å². The Kier molecular flexibility index (Phi) is 2.60. The van der Waals surface area contributed by atoms with Gasteiger partial charge in [-0.2, -0.15) is 0 Å². The van der Waals surface area contributed by atoms with Crippen molar-refractivity contribution >= 4 is 5.97 Å². The Labute approximate surface area is 60.5 Å². The molecular weight excluding hydrogens is 130 g/mol. The number of carbonyl (C=O) groups is 1. The van der Waals surface area contributed by atoms with Crippen molar-refractivity contribution in [2.24, 2.45) is 5.73 Å². The normalized spacial score (nSPS) is 15.9. The lowest BCUT2D eigenvalue weighted by Gasteiger charge is -2.18. The summed E-state index contributed by atoms with van der Waals surface area (Å²) in [6.45, 7) is 6.81. The van der Waals surface area contributed by atoms with Crippen LogP contribution in [0.15, 0.2) is 12.2 Å². The van der Waals surface area contributed by atoms with Gasteiger partial charge in [0, 0.05) is 0 Å². The molecule has 0 aliphatic carbocycles. The van der Waals surface area contributed by atoms with Gasteiger partial charge in [-0.05, 0) is 20.3 Å². The van der Waals surface area contributed by atoms with E-state index in [9.17, 15) is 4.79 Å². The molecule has 0 rings (SSSR count). The third-order valence-corrected chi connectivity index (χ3v) is 1.16. The maximum atomic E-state index is 10.4. The van der Waals surface area contributed by atoms with Gasteiger partial charge in [-0.3, -0.25) is 4.79 Å². The average molecular weight is 143 g/mol. The van der Waals surface area contributed by atoms with E-state index in [1.807, 2.05) is 0 Å². The fourth-order valence-corrected chi connectivity index (χ4v) is 0.703. The van der Waals surface area contributed by atoms with Crippen LogP contribution in [0.4, 0.5) is 0 Å². The summed E-state index contributed by atoms with van der Waals surface area (Å²) in [5, 5.41) is 8.52. The SMILES string of the molecule is C=C(C)C[C@](C)(N)C(=O)O. The molecule has 0 radical (unpaired) electrons. The van der Waals surface area contributed by atoms with Gasteiger partial charge in [-0.25, -0.2) is 0 Å². The molecule has 0 saturated carbocycles. The monoisotopic (exact) mass is 143 g/mol. The van der Waals surface area contributed by atoms with Crippen LogP contribution in [0.25, 0.3) is 0 Å². The second-order valence-electron chi connectivity index (χ2n) is 2.86. The second-order valence-corrected chi connectivity index (χ2v) is 2.86. The van der Waals surface area contributed by atoms with Crippen LogP contribution >= 0.6 is 0 Å². The quantitative estimate of drug-likeness (QED) is 0.573. The van der Waals surface area contributed by atoms with Crippen LogP contribution in [0, 0.1) is 0 Å². The second kappa shape index (κ2) is 2.84. The number of carboxylic acids is 1. The van der Waals surface area contributed by atoms with Crippen LogP contribution in [-0.2, 0) is 4.79 Å². The molecule has 0 aromatic carbocycles. The van der Waals surface area contributed by atoms with Crippen LogP contribution < -0.4 is 5.73 Å². The van der Waals surface area contributed by atoms with E-state index in [0.717, 1.165) is 5.57 Å². The van der Waals surface area contributed by atoms with E-state index in [4.69, 9.17) is 10.8 Å². The van der Waals surface area contributed by atoms with Crippen LogP contribution in [-0.4, -0.2) is 16.6 Å². The fraction of sp³-hybridized carbons (Fsp3) is 0.571. The van der Waals surface area contributed by atoms with Crippen molar-refractivity contribution in [3.8, 4) is 0 Å². The summed E-state index contributed by atoms with van der Waals surface area (Å²) >= 11 is 0. The molecule has 0 aliphatic rings. The van der Waals surface area contributed by atoms with Crippen molar-refractivity contribution < 1.29 is 9.90 Å². The standard InChI is InChI=1S/C7H13NO2/c1-5(2)4-7(3,8)6(9)10/h1,4,8H2,2-3H3,(H,9,10)/t7-/m0/s1. The topological polar surface area (TPSA) is 63.3 Å². The summed E-state index contributed by atoms with van der Waals surface area (Å²) in [6.07, 6.45) is 0.322. The third-order valence-electron chi connectivity index (χ3n) is 1.16. The Bertz CT molecular complexity index is 161. The molecule has 0 amide bonds. The van der Waals surface area contributed by atoms with E-state index in [2.05, 4.69) is 6.58 Å². The van der Waals surface area contributed by atoms with Crippen molar-refractivity contribution in [3.63, 3.8) is 0 Å². The minimum absolute atomic E-state index is 0.322. The molecule has 3 heteroatoms. The van der Waals surface area contributed by atoms with Crippen LogP contribution in [0.2, 0.25) is 0 Å². The highest BCUT2D eigenvalue weighted by molar-refractivity contribution is 5.78. The Morgan fingerprint density at radius 2 is 2.20 bits per heavy atom. The zero-order valence-corrected chi connectivity index (χ0v) is 6.35. The van der Waals surface area contributed by atoms with E-state index in [1.165, 1.54) is 6.92 Å². The molecule has 10 heavy (non-hydrogen) atoms. The third kappa shape index (κ3) is 2.64. The number of aliphatic carboxylic acids is 1. The largest absolute Gasteiger partial charge is 0.480 e. The maximum absolute atomic E-state index is 10.4. The van der Waals surface area contributed by atoms with Gasteiger partial charge >= 0.3 is 5.97 Å². The van der Waals surface area contributed by atoms with Crippen molar-refractivity contribution in [1.82, 2.24) is 0 Å². The molecule has 1 atom stereocenters. The zero-order chi connectivity index (χ0) is 8.36. The van der Waals surface area contributed by atoms with Gasteiger partial charge in [0.05, 0.1) is 0 Å². The minimum atomic E-state index is -1.16. The van der Waals surface area contributed by atoms with E-state index in [-0.39, 0.29) is 0 Å². The fourth-order valence-electron chi connectivity index (χ4n) is 0.703. The molecule has 0 bridgehead atoms. The summed E-state index contributed by atoms with van der Waals surface area (Å²) in [5.41, 5.74) is 5.02. The zero-order valence-electron chi connectivity index (χ0n) is 6.35. The maximum Gasteiger partial charge on any atom is 0.323 e. The molecule has 0 fully saturated rings. The Hall–Kier alpha value is -0.830. The molecule has 58 valence electrons. The van der Waals surface area contributed by atoms with Crippen molar-refractivity contribution in [3.05, 3.63) is 12.2 Å². The first-order chi connectivity index (χ1) is 4.36. The van der Waals surface area contributed by atoms with E-state index >= 15 is 0 Å². The molecule has 0 spiro atoms. The first-order valence-electron chi connectivity index (χ1n) is 3.03. The number of rotatable bonds is 3. The van der Waals surface area contributed by atoms with Gasteiger partial charge in [-0.15, -0.1) is 6.58 Å². The first kappa shape index (κ1) is 9.17. The highest BCUT2D eigenvalue weighted by Crippen LogP contribution is 2.11. The Morgan fingerprint density at radius 1 is 1.80 bits per heavy atom. The summed E-state index contributed by atoms with van der Waals surface area (Å²) in [4.78, 5) is 10.4. The Morgan fingerprint density at radius 3 is 2.30 bits per heavy atom. The Balaban J connectivity index is 4.13. The van der Waals surface area contributed by atoms with Crippen LogP contribution in [0.5, 0.6) is 0 Å². The van der Waals surface area contributed by atoms with Gasteiger partial charge in [0.15, 0.2) is 0 Å². The van der Waals surface area contributed by atoms with E-state index in [1.54, 1.807) is 6.92 Å². The summed E-state index contributed by atoms with van der Waals surface area (Å²) < 4.78 is 0. The van der Waals surface area contributed by atoms with Crippen LogP contribution in [0.3, 0.4) is 0 Å². The highest BCUT2D eigenvalue weighted by Gasteiger charge is 2.27. The molecule has 0 aliphatic heterocycles. The lowest BCUT2D eigenvalue weighted by atomic mass is 9.96. The molecule has 0 aromatic heterocycles. The van der Waals surface area contributed by atoms with Gasteiger partial charge in [0.1, 0.15) is 5.54 Å². The smallest absolute Gasteiger partial charge is 0.323 e. The summed E-state index contributed by atoms with van der Waals surface area (Å²) in [7, 11) is 0. The summed E-state index contributed by atoms with van der Waals surface area (Å²) in [5.74, 6) is -0.990. The lowest BCUT2D eigenvalue weighted by Crippen LogP contribution is -2.44. The van der Waals surface area contributed by atoms with E-state index < -0.39 is 11.5 Å².